The lowest BCUT2D eigenvalue weighted by molar-refractivity contribution is -0.135. The summed E-state index contributed by atoms with van der Waals surface area (Å²) in [5.74, 6) is 2.88. The molecular formula is C12H10O4. The topological polar surface area (TPSA) is 74.6 Å². The average molecular weight is 218 g/mol. The Balaban J connectivity index is 3.12. The summed E-state index contributed by atoms with van der Waals surface area (Å²) in [5, 5.41) is 17.4. The number of rotatable bonds is 2. The van der Waals surface area contributed by atoms with Crippen LogP contribution in [-0.2, 0) is 4.79 Å². The third-order valence-electron chi connectivity index (χ3n) is 1.95. The number of benzene rings is 1. The standard InChI is InChI=1S/C12H10O4/c1-8-4-2-5-9(11(8)12(15)16)6-3-7-10(13)14/h2,4-5H,7H2,1H3,(H,13,14)(H,15,16). The van der Waals surface area contributed by atoms with Crippen LogP contribution in [0.2, 0.25) is 0 Å². The maximum Gasteiger partial charge on any atom is 0.337 e. The molecule has 1 rings (SSSR count). The monoisotopic (exact) mass is 218 g/mol. The minimum absolute atomic E-state index is 0.125. The summed E-state index contributed by atoms with van der Waals surface area (Å²) in [4.78, 5) is 21.2. The Hall–Kier alpha value is -2.28. The van der Waals surface area contributed by atoms with Crippen LogP contribution in [0.25, 0.3) is 0 Å². The molecule has 0 spiro atoms. The Labute approximate surface area is 92.5 Å². The van der Waals surface area contributed by atoms with E-state index in [2.05, 4.69) is 11.8 Å². The first-order valence-electron chi connectivity index (χ1n) is 4.56. The normalized spacial score (nSPS) is 9.06. The summed E-state index contributed by atoms with van der Waals surface area (Å²) < 4.78 is 0. The van der Waals surface area contributed by atoms with E-state index in [1.807, 2.05) is 0 Å². The number of aryl methyl sites for hydroxylation is 1. The van der Waals surface area contributed by atoms with E-state index in [0.717, 1.165) is 0 Å². The first kappa shape index (κ1) is 11.8. The second-order valence-electron chi connectivity index (χ2n) is 3.17. The van der Waals surface area contributed by atoms with E-state index in [4.69, 9.17) is 10.2 Å². The number of hydrogen-bond acceptors (Lipinski definition) is 2. The molecule has 0 saturated carbocycles. The van der Waals surface area contributed by atoms with Crippen LogP contribution in [0.3, 0.4) is 0 Å². The summed E-state index contributed by atoms with van der Waals surface area (Å²) in [6, 6.07) is 4.92. The fraction of sp³-hybridized carbons (Fsp3) is 0.167. The van der Waals surface area contributed by atoms with Gasteiger partial charge in [0.15, 0.2) is 0 Å². The molecule has 4 nitrogen and oxygen atoms in total. The zero-order chi connectivity index (χ0) is 12.1. The molecule has 0 fully saturated rings. The molecule has 0 aliphatic heterocycles. The third-order valence-corrected chi connectivity index (χ3v) is 1.95. The number of carboxylic acid groups (broad SMARTS) is 2. The van der Waals surface area contributed by atoms with Gasteiger partial charge in [-0.3, -0.25) is 4.79 Å². The second kappa shape index (κ2) is 4.99. The zero-order valence-corrected chi connectivity index (χ0v) is 8.65. The van der Waals surface area contributed by atoms with Crippen LogP contribution in [0.1, 0.15) is 27.9 Å². The van der Waals surface area contributed by atoms with Gasteiger partial charge in [-0.05, 0) is 18.6 Å². The molecule has 0 radical (unpaired) electrons. The highest BCUT2D eigenvalue weighted by Gasteiger charge is 2.10. The van der Waals surface area contributed by atoms with Gasteiger partial charge in [0.25, 0.3) is 0 Å². The van der Waals surface area contributed by atoms with Gasteiger partial charge in [0, 0.05) is 5.56 Å². The van der Waals surface area contributed by atoms with Gasteiger partial charge in [0.2, 0.25) is 0 Å². The van der Waals surface area contributed by atoms with Gasteiger partial charge in [0.05, 0.1) is 5.56 Å². The summed E-state index contributed by atoms with van der Waals surface area (Å²) >= 11 is 0. The van der Waals surface area contributed by atoms with Crippen molar-refractivity contribution in [1.82, 2.24) is 0 Å². The van der Waals surface area contributed by atoms with Gasteiger partial charge in [-0.15, -0.1) is 0 Å². The van der Waals surface area contributed by atoms with Crippen LogP contribution >= 0.6 is 0 Å². The van der Waals surface area contributed by atoms with Gasteiger partial charge in [0.1, 0.15) is 6.42 Å². The molecule has 16 heavy (non-hydrogen) atoms. The molecule has 0 aliphatic rings. The van der Waals surface area contributed by atoms with Crippen LogP contribution in [0, 0.1) is 18.8 Å². The van der Waals surface area contributed by atoms with E-state index in [-0.39, 0.29) is 12.0 Å². The Morgan fingerprint density at radius 1 is 1.31 bits per heavy atom. The molecule has 0 unspecified atom stereocenters. The van der Waals surface area contributed by atoms with Crippen molar-refractivity contribution in [3.8, 4) is 11.8 Å². The van der Waals surface area contributed by atoms with E-state index in [0.29, 0.717) is 11.1 Å². The van der Waals surface area contributed by atoms with Gasteiger partial charge in [-0.25, -0.2) is 4.79 Å². The van der Waals surface area contributed by atoms with E-state index in [1.54, 1.807) is 25.1 Å². The fourth-order valence-corrected chi connectivity index (χ4v) is 1.27. The zero-order valence-electron chi connectivity index (χ0n) is 8.65. The Kier molecular flexibility index (Phi) is 3.67. The smallest absolute Gasteiger partial charge is 0.337 e. The van der Waals surface area contributed by atoms with E-state index in [1.165, 1.54) is 0 Å². The van der Waals surface area contributed by atoms with Gasteiger partial charge >= 0.3 is 11.9 Å². The quantitative estimate of drug-likeness (QED) is 0.738. The number of hydrogen-bond donors (Lipinski definition) is 2. The Morgan fingerprint density at radius 3 is 2.56 bits per heavy atom. The third kappa shape index (κ3) is 2.85. The van der Waals surface area contributed by atoms with Crippen molar-refractivity contribution in [2.45, 2.75) is 13.3 Å². The number of carbonyl (C=O) groups is 2. The Morgan fingerprint density at radius 2 is 2.00 bits per heavy atom. The maximum atomic E-state index is 11.0. The number of aliphatic carboxylic acids is 1. The molecule has 0 amide bonds. The lowest BCUT2D eigenvalue weighted by Gasteiger charge is -2.02. The molecule has 1 aromatic rings. The predicted molar refractivity (Wildman–Crippen MR) is 57.3 cm³/mol. The lowest BCUT2D eigenvalue weighted by atomic mass is 10.0. The molecule has 1 aromatic carbocycles. The first-order chi connectivity index (χ1) is 7.52. The highest BCUT2D eigenvalue weighted by molar-refractivity contribution is 5.92. The fourth-order valence-electron chi connectivity index (χ4n) is 1.27. The number of aromatic carboxylic acids is 1. The van der Waals surface area contributed by atoms with E-state index < -0.39 is 11.9 Å². The van der Waals surface area contributed by atoms with Crippen LogP contribution in [0.5, 0.6) is 0 Å². The van der Waals surface area contributed by atoms with Gasteiger partial charge in [-0.2, -0.15) is 0 Å². The minimum atomic E-state index is -1.06. The molecule has 82 valence electrons. The maximum absolute atomic E-state index is 11.0. The van der Waals surface area contributed by atoms with Crippen LogP contribution in [-0.4, -0.2) is 22.2 Å². The van der Waals surface area contributed by atoms with Gasteiger partial charge < -0.3 is 10.2 Å². The largest absolute Gasteiger partial charge is 0.481 e. The van der Waals surface area contributed by atoms with Gasteiger partial charge in [-0.1, -0.05) is 24.0 Å². The SMILES string of the molecule is Cc1cccc(C#CCC(=O)O)c1C(=O)O. The molecule has 0 heterocycles. The first-order valence-corrected chi connectivity index (χ1v) is 4.56. The molecule has 2 N–H and O–H groups in total. The second-order valence-corrected chi connectivity index (χ2v) is 3.17. The average Bonchev–Trinajstić information content (AvgIpc) is 2.16. The van der Waals surface area contributed by atoms with Crippen LogP contribution < -0.4 is 0 Å². The van der Waals surface area contributed by atoms with Crippen molar-refractivity contribution in [3.05, 3.63) is 34.9 Å². The summed E-state index contributed by atoms with van der Waals surface area (Å²) in [6.45, 7) is 1.67. The lowest BCUT2D eigenvalue weighted by Crippen LogP contribution is -2.03. The van der Waals surface area contributed by atoms with Crippen molar-refractivity contribution in [1.29, 1.82) is 0 Å². The molecular weight excluding hydrogens is 208 g/mol. The predicted octanol–water partition coefficient (Wildman–Crippen LogP) is 1.52. The summed E-state index contributed by atoms with van der Waals surface area (Å²) in [5.41, 5.74) is 1.07. The highest BCUT2D eigenvalue weighted by atomic mass is 16.4. The minimum Gasteiger partial charge on any atom is -0.481 e. The van der Waals surface area contributed by atoms with Crippen molar-refractivity contribution in [2.75, 3.05) is 0 Å². The molecule has 0 bridgehead atoms. The molecule has 0 aliphatic carbocycles. The molecule has 0 saturated heterocycles. The summed E-state index contributed by atoms with van der Waals surface area (Å²) in [6.07, 6.45) is -0.299. The van der Waals surface area contributed by atoms with E-state index in [9.17, 15) is 9.59 Å². The van der Waals surface area contributed by atoms with Crippen molar-refractivity contribution >= 4 is 11.9 Å². The highest BCUT2D eigenvalue weighted by Crippen LogP contribution is 2.13. The van der Waals surface area contributed by atoms with Crippen molar-refractivity contribution < 1.29 is 19.8 Å². The number of carboxylic acids is 2. The molecule has 4 heteroatoms. The summed E-state index contributed by atoms with van der Waals surface area (Å²) in [7, 11) is 0. The van der Waals surface area contributed by atoms with Crippen molar-refractivity contribution in [3.63, 3.8) is 0 Å². The Bertz CT molecular complexity index is 491. The molecule has 0 aromatic heterocycles. The van der Waals surface area contributed by atoms with Crippen molar-refractivity contribution in [2.24, 2.45) is 0 Å². The van der Waals surface area contributed by atoms with Crippen LogP contribution in [0.15, 0.2) is 18.2 Å². The van der Waals surface area contributed by atoms with E-state index >= 15 is 0 Å². The van der Waals surface area contributed by atoms with Crippen LogP contribution in [0.4, 0.5) is 0 Å². The molecule has 0 atom stereocenters.